The van der Waals surface area contributed by atoms with Crippen LogP contribution in [0.3, 0.4) is 0 Å². The normalized spacial score (nSPS) is 11.7. The minimum Gasteiger partial charge on any atom is -0.309 e. The maximum Gasteiger partial charge on any atom is 0.164 e. The highest BCUT2D eigenvalue weighted by Gasteiger charge is 2.25. The third-order valence-electron chi connectivity index (χ3n) is 20.2. The monoisotopic (exact) mass is 1300 g/mol. The molecule has 102 heavy (non-hydrogen) atoms. The smallest absolute Gasteiger partial charge is 0.164 e. The molecule has 0 fully saturated rings. The van der Waals surface area contributed by atoms with Gasteiger partial charge in [0.2, 0.25) is 0 Å². The first-order chi connectivity index (χ1) is 50.5. The third-order valence-corrected chi connectivity index (χ3v) is 20.2. The van der Waals surface area contributed by atoms with E-state index in [4.69, 9.17) is 29.9 Å². The first-order valence-electron chi connectivity index (χ1n) is 34.5. The van der Waals surface area contributed by atoms with Crippen molar-refractivity contribution < 1.29 is 0 Å². The van der Waals surface area contributed by atoms with E-state index in [9.17, 15) is 0 Å². The molecule has 0 unspecified atom stereocenters. The quantitative estimate of drug-likeness (QED) is 0.120. The van der Waals surface area contributed by atoms with Gasteiger partial charge < -0.3 is 9.13 Å². The molecule has 20 aromatic rings. The highest BCUT2D eigenvalue weighted by atomic mass is 15.1. The second kappa shape index (κ2) is 24.0. The predicted molar refractivity (Wildman–Crippen MR) is 421 cm³/mol. The lowest BCUT2D eigenvalue weighted by Gasteiger charge is -2.14. The van der Waals surface area contributed by atoms with E-state index >= 15 is 0 Å². The van der Waals surface area contributed by atoms with Gasteiger partial charge in [-0.05, 0) is 138 Å². The van der Waals surface area contributed by atoms with Crippen LogP contribution in [0.25, 0.3) is 200 Å². The number of hydrogen-bond donors (Lipinski definition) is 0. The topological polar surface area (TPSA) is 87.2 Å². The largest absolute Gasteiger partial charge is 0.309 e. The second-order valence-corrected chi connectivity index (χ2v) is 26.1. The fourth-order valence-electron chi connectivity index (χ4n) is 15.4. The van der Waals surface area contributed by atoms with E-state index in [2.05, 4.69) is 306 Å². The van der Waals surface area contributed by atoms with E-state index in [1.54, 1.807) is 0 Å². The maximum absolute atomic E-state index is 5.51. The summed E-state index contributed by atoms with van der Waals surface area (Å²) in [7, 11) is 0. The lowest BCUT2D eigenvalue weighted by atomic mass is 9.96. The Balaban J connectivity index is 0.699. The van der Waals surface area contributed by atoms with Gasteiger partial charge in [0.15, 0.2) is 34.9 Å². The summed E-state index contributed by atoms with van der Waals surface area (Å²) in [5.41, 5.74) is 18.7. The summed E-state index contributed by atoms with van der Waals surface area (Å²) in [5.74, 6) is 3.64. The van der Waals surface area contributed by atoms with Gasteiger partial charge in [-0.3, -0.25) is 0 Å². The molecule has 4 aromatic heterocycles. The van der Waals surface area contributed by atoms with Gasteiger partial charge in [0.05, 0.1) is 27.8 Å². The van der Waals surface area contributed by atoms with Crippen molar-refractivity contribution in [3.05, 3.63) is 352 Å². The Morgan fingerprint density at radius 1 is 0.176 bits per heavy atom. The Labute approximate surface area is 587 Å². The summed E-state index contributed by atoms with van der Waals surface area (Å²) in [6.45, 7) is 0. The lowest BCUT2D eigenvalue weighted by molar-refractivity contribution is 1.08. The molecule has 0 spiro atoms. The Morgan fingerprint density at radius 2 is 0.569 bits per heavy atom. The molecule has 474 valence electrons. The first kappa shape index (κ1) is 58.3. The summed E-state index contributed by atoms with van der Waals surface area (Å²) in [6.07, 6.45) is 0. The van der Waals surface area contributed by atoms with Crippen molar-refractivity contribution in [3.8, 4) is 113 Å². The Bertz CT molecular complexity index is 6670. The molecule has 20 rings (SSSR count). The van der Waals surface area contributed by atoms with Crippen LogP contribution in [-0.4, -0.2) is 39.0 Å². The van der Waals surface area contributed by atoms with E-state index in [1.165, 1.54) is 32.3 Å². The SMILES string of the molecule is c1ccc(-c2ccc3c(c2)c2c(-c4nc(-c5ccccc5)nc(-c5ccccc5)n4)cccc2n3-c2ccc3c(ccc4cc(-c5cccc(-c6nc(-c7ccccc7)nc(-c7cccc8c7c7cc(-c9ccccc9)ccc7n8-c7cccc8ccc9ccccc9c78)n6)c5)ccc43)c2)cc1. The summed E-state index contributed by atoms with van der Waals surface area (Å²) in [5, 5.41) is 13.8. The lowest BCUT2D eigenvalue weighted by Crippen LogP contribution is -2.01. The van der Waals surface area contributed by atoms with Gasteiger partial charge in [-0.1, -0.05) is 285 Å². The van der Waals surface area contributed by atoms with E-state index in [0.717, 1.165) is 133 Å². The van der Waals surface area contributed by atoms with Crippen LogP contribution in [-0.2, 0) is 0 Å². The van der Waals surface area contributed by atoms with Crippen molar-refractivity contribution in [1.82, 2.24) is 39.0 Å². The standard InChI is InChI=1S/C94H58N8/c1-6-22-59(23-7-1)68-47-52-81-79(57-68)87-77(93-97-89(63-27-10-3-11-28-63)95-90(98-93)64-29-12-4-13-30-64)37-20-40-84(87)101(81)73-49-51-75-71(56-73)45-44-70-54-67(46-50-74(70)75)66-34-18-35-72(55-66)92-96-91(65-31-14-5-15-32-65)99-94(100-92)78-38-21-41-85-88(78)80-58-69(60-24-8-2-9-25-60)48-53-82(80)102(85)83-39-19-33-62-43-42-61-26-16-17-36-76(61)86(62)83/h1-58H. The molecule has 0 atom stereocenters. The maximum atomic E-state index is 5.51. The fourth-order valence-corrected chi connectivity index (χ4v) is 15.4. The zero-order valence-corrected chi connectivity index (χ0v) is 55.1. The molecule has 0 aliphatic rings. The molecule has 0 N–H and O–H groups in total. The van der Waals surface area contributed by atoms with Crippen molar-refractivity contribution in [1.29, 1.82) is 0 Å². The average molecular weight is 1300 g/mol. The van der Waals surface area contributed by atoms with E-state index in [-0.39, 0.29) is 0 Å². The van der Waals surface area contributed by atoms with Crippen LogP contribution in [0.5, 0.6) is 0 Å². The molecule has 0 radical (unpaired) electrons. The molecule has 8 heteroatoms. The van der Waals surface area contributed by atoms with Crippen molar-refractivity contribution in [2.24, 2.45) is 0 Å². The van der Waals surface area contributed by atoms with Crippen molar-refractivity contribution in [3.63, 3.8) is 0 Å². The van der Waals surface area contributed by atoms with Crippen LogP contribution in [0.15, 0.2) is 352 Å². The molecular weight excluding hydrogens is 1240 g/mol. The molecule has 16 aromatic carbocycles. The van der Waals surface area contributed by atoms with E-state index in [0.29, 0.717) is 34.9 Å². The Morgan fingerprint density at radius 3 is 1.15 bits per heavy atom. The molecule has 0 saturated carbocycles. The number of benzene rings is 16. The number of aromatic nitrogens is 8. The highest BCUT2D eigenvalue weighted by Crippen LogP contribution is 2.45. The Hall–Kier alpha value is -13.8. The summed E-state index contributed by atoms with van der Waals surface area (Å²) < 4.78 is 4.84. The molecule has 0 aliphatic heterocycles. The van der Waals surface area contributed by atoms with Crippen molar-refractivity contribution >= 4 is 86.7 Å². The fraction of sp³-hybridized carbons (Fsp3) is 0. The summed E-state index contributed by atoms with van der Waals surface area (Å²) in [4.78, 5) is 31.8. The van der Waals surface area contributed by atoms with Gasteiger partial charge >= 0.3 is 0 Å². The van der Waals surface area contributed by atoms with Gasteiger partial charge in [0.25, 0.3) is 0 Å². The van der Waals surface area contributed by atoms with Crippen LogP contribution >= 0.6 is 0 Å². The van der Waals surface area contributed by atoms with Gasteiger partial charge in [0, 0.05) is 66.0 Å². The van der Waals surface area contributed by atoms with Crippen LogP contribution in [0.2, 0.25) is 0 Å². The second-order valence-electron chi connectivity index (χ2n) is 26.1. The van der Waals surface area contributed by atoms with E-state index < -0.39 is 0 Å². The van der Waals surface area contributed by atoms with Crippen LogP contribution in [0, 0.1) is 0 Å². The van der Waals surface area contributed by atoms with Gasteiger partial charge in [-0.2, -0.15) is 0 Å². The van der Waals surface area contributed by atoms with Crippen molar-refractivity contribution in [2.45, 2.75) is 0 Å². The van der Waals surface area contributed by atoms with Crippen LogP contribution in [0.1, 0.15) is 0 Å². The highest BCUT2D eigenvalue weighted by molar-refractivity contribution is 6.20. The minimum absolute atomic E-state index is 0.589. The molecule has 0 aliphatic carbocycles. The number of fused-ring (bicyclic) bond motifs is 12. The zero-order valence-electron chi connectivity index (χ0n) is 55.1. The number of nitrogens with zero attached hydrogens (tertiary/aromatic N) is 8. The molecular formula is C94H58N8. The van der Waals surface area contributed by atoms with Crippen LogP contribution < -0.4 is 0 Å². The summed E-state index contributed by atoms with van der Waals surface area (Å²) in [6, 6.07) is 125. The molecule has 0 amide bonds. The first-order valence-corrected chi connectivity index (χ1v) is 34.5. The van der Waals surface area contributed by atoms with Crippen LogP contribution in [0.4, 0.5) is 0 Å². The zero-order chi connectivity index (χ0) is 67.2. The third kappa shape index (κ3) is 9.91. The van der Waals surface area contributed by atoms with Gasteiger partial charge in [0.1, 0.15) is 0 Å². The Kier molecular flexibility index (Phi) is 13.7. The van der Waals surface area contributed by atoms with Crippen molar-refractivity contribution in [2.75, 3.05) is 0 Å². The average Bonchev–Trinajstić information content (AvgIpc) is 1.55. The minimum atomic E-state index is 0.589. The van der Waals surface area contributed by atoms with E-state index in [1.807, 2.05) is 54.6 Å². The predicted octanol–water partition coefficient (Wildman–Crippen LogP) is 23.9. The molecule has 0 bridgehead atoms. The van der Waals surface area contributed by atoms with Gasteiger partial charge in [-0.15, -0.1) is 0 Å². The number of rotatable bonds is 11. The number of hydrogen-bond acceptors (Lipinski definition) is 6. The molecule has 8 nitrogen and oxygen atoms in total. The molecule has 4 heterocycles. The molecule has 0 saturated heterocycles. The summed E-state index contributed by atoms with van der Waals surface area (Å²) >= 11 is 0. The van der Waals surface area contributed by atoms with Gasteiger partial charge in [-0.25, -0.2) is 29.9 Å².